The molecule has 0 bridgehead atoms. The topological polar surface area (TPSA) is 67.5 Å². The Bertz CT molecular complexity index is 1090. The van der Waals surface area contributed by atoms with E-state index in [0.717, 1.165) is 5.56 Å². The fourth-order valence-corrected chi connectivity index (χ4v) is 2.67. The molecular formula is C19H12FN3O2. The third-order valence-corrected chi connectivity index (χ3v) is 3.84. The van der Waals surface area contributed by atoms with E-state index >= 15 is 0 Å². The summed E-state index contributed by atoms with van der Waals surface area (Å²) >= 11 is 0. The molecule has 0 aliphatic carbocycles. The number of rotatable bonds is 3. The predicted molar refractivity (Wildman–Crippen MR) is 90.8 cm³/mol. The number of benzene rings is 2. The second kappa shape index (κ2) is 5.83. The highest BCUT2D eigenvalue weighted by Crippen LogP contribution is 2.24. The van der Waals surface area contributed by atoms with Crippen LogP contribution >= 0.6 is 0 Å². The largest absolute Gasteiger partial charge is 0.477 e. The van der Waals surface area contributed by atoms with E-state index in [1.54, 1.807) is 18.2 Å². The third-order valence-electron chi connectivity index (χ3n) is 3.84. The van der Waals surface area contributed by atoms with Gasteiger partial charge in [-0.15, -0.1) is 0 Å². The molecule has 0 unspecified atom stereocenters. The van der Waals surface area contributed by atoms with Crippen molar-refractivity contribution in [2.24, 2.45) is 0 Å². The van der Waals surface area contributed by atoms with Gasteiger partial charge in [0.05, 0.1) is 11.4 Å². The van der Waals surface area contributed by atoms with Gasteiger partial charge in [0.25, 0.3) is 0 Å². The Morgan fingerprint density at radius 1 is 0.920 bits per heavy atom. The molecule has 0 saturated carbocycles. The summed E-state index contributed by atoms with van der Waals surface area (Å²) in [4.78, 5) is 16.1. The van der Waals surface area contributed by atoms with Crippen LogP contribution in [-0.4, -0.2) is 25.7 Å². The lowest BCUT2D eigenvalue weighted by molar-refractivity contribution is 0.0687. The number of carbonyl (C=O) groups is 1. The predicted octanol–water partition coefficient (Wildman–Crippen LogP) is 3.90. The molecule has 0 amide bonds. The van der Waals surface area contributed by atoms with E-state index in [1.807, 2.05) is 30.3 Å². The number of fused-ring (bicyclic) bond motifs is 1. The van der Waals surface area contributed by atoms with Crippen LogP contribution in [0.25, 0.3) is 28.2 Å². The zero-order chi connectivity index (χ0) is 17.4. The summed E-state index contributed by atoms with van der Waals surface area (Å²) in [5.74, 6) is -1.54. The van der Waals surface area contributed by atoms with Crippen molar-refractivity contribution >= 4 is 11.6 Å². The fraction of sp³-hybridized carbons (Fsp3) is 0. The summed E-state index contributed by atoms with van der Waals surface area (Å²) in [5.41, 5.74) is 2.71. The Morgan fingerprint density at radius 2 is 1.68 bits per heavy atom. The first-order valence-corrected chi connectivity index (χ1v) is 7.57. The van der Waals surface area contributed by atoms with Crippen LogP contribution in [0.4, 0.5) is 4.39 Å². The lowest BCUT2D eigenvalue weighted by atomic mass is 10.1. The van der Waals surface area contributed by atoms with Crippen molar-refractivity contribution in [3.63, 3.8) is 0 Å². The molecule has 2 aromatic heterocycles. The number of aromatic nitrogens is 3. The van der Waals surface area contributed by atoms with Gasteiger partial charge in [-0.1, -0.05) is 42.5 Å². The second-order valence-electron chi connectivity index (χ2n) is 5.51. The minimum atomic E-state index is -1.13. The smallest absolute Gasteiger partial charge is 0.354 e. The van der Waals surface area contributed by atoms with Crippen LogP contribution in [-0.2, 0) is 0 Å². The summed E-state index contributed by atoms with van der Waals surface area (Å²) in [7, 11) is 0. The molecule has 0 radical (unpaired) electrons. The van der Waals surface area contributed by atoms with Gasteiger partial charge in [0.2, 0.25) is 0 Å². The molecule has 2 heterocycles. The molecule has 4 aromatic rings. The first kappa shape index (κ1) is 15.0. The van der Waals surface area contributed by atoms with E-state index in [1.165, 1.54) is 22.7 Å². The zero-order valence-electron chi connectivity index (χ0n) is 12.9. The summed E-state index contributed by atoms with van der Waals surface area (Å²) in [6.07, 6.45) is 0. The minimum absolute atomic E-state index is 0.0357. The molecule has 1 N–H and O–H groups in total. The molecular weight excluding hydrogens is 321 g/mol. The minimum Gasteiger partial charge on any atom is -0.477 e. The summed E-state index contributed by atoms with van der Waals surface area (Å²) in [5, 5.41) is 13.9. The lowest BCUT2D eigenvalue weighted by Gasteiger charge is -2.05. The Hall–Kier alpha value is -3.54. The van der Waals surface area contributed by atoms with Crippen molar-refractivity contribution in [3.8, 4) is 22.5 Å². The second-order valence-corrected chi connectivity index (χ2v) is 5.51. The number of carboxylic acids is 1. The number of carboxylic acid groups (broad SMARTS) is 1. The van der Waals surface area contributed by atoms with Gasteiger partial charge in [-0.3, -0.25) is 0 Å². The summed E-state index contributed by atoms with van der Waals surface area (Å²) in [6.45, 7) is 0. The number of nitrogens with zero attached hydrogens (tertiary/aromatic N) is 3. The van der Waals surface area contributed by atoms with Gasteiger partial charge in [0.1, 0.15) is 5.82 Å². The van der Waals surface area contributed by atoms with E-state index in [-0.39, 0.29) is 5.69 Å². The Labute approximate surface area is 142 Å². The van der Waals surface area contributed by atoms with E-state index in [0.29, 0.717) is 22.6 Å². The van der Waals surface area contributed by atoms with Crippen molar-refractivity contribution in [1.82, 2.24) is 14.6 Å². The lowest BCUT2D eigenvalue weighted by Crippen LogP contribution is -2.08. The first-order chi connectivity index (χ1) is 12.1. The van der Waals surface area contributed by atoms with E-state index in [9.17, 15) is 14.3 Å². The quantitative estimate of drug-likeness (QED) is 0.617. The van der Waals surface area contributed by atoms with E-state index < -0.39 is 11.8 Å². The van der Waals surface area contributed by atoms with E-state index in [2.05, 4.69) is 10.1 Å². The molecule has 0 spiro atoms. The molecule has 5 nitrogen and oxygen atoms in total. The van der Waals surface area contributed by atoms with Crippen LogP contribution in [0.1, 0.15) is 10.5 Å². The van der Waals surface area contributed by atoms with Crippen molar-refractivity contribution in [3.05, 3.63) is 78.2 Å². The van der Waals surface area contributed by atoms with Gasteiger partial charge >= 0.3 is 5.97 Å². The molecule has 0 aliphatic rings. The molecule has 6 heteroatoms. The number of hydrogen-bond acceptors (Lipinski definition) is 3. The molecule has 0 fully saturated rings. The SMILES string of the molecule is O=C(O)c1cc(-c2cccc(F)c2)nc2cc(-c3ccccc3)nn12. The highest BCUT2D eigenvalue weighted by atomic mass is 19.1. The highest BCUT2D eigenvalue weighted by molar-refractivity contribution is 5.88. The van der Waals surface area contributed by atoms with Gasteiger partial charge in [-0.2, -0.15) is 5.10 Å². The molecule has 122 valence electrons. The average Bonchev–Trinajstić information content (AvgIpc) is 3.05. The molecule has 25 heavy (non-hydrogen) atoms. The molecule has 0 aliphatic heterocycles. The Balaban J connectivity index is 1.95. The van der Waals surface area contributed by atoms with Crippen LogP contribution in [0.5, 0.6) is 0 Å². The number of halogens is 1. The van der Waals surface area contributed by atoms with Gasteiger partial charge in [0.15, 0.2) is 11.3 Å². The normalized spacial score (nSPS) is 10.9. The van der Waals surface area contributed by atoms with Gasteiger partial charge in [-0.05, 0) is 18.2 Å². The first-order valence-electron chi connectivity index (χ1n) is 7.57. The molecule has 2 aromatic carbocycles. The van der Waals surface area contributed by atoms with Crippen molar-refractivity contribution in [2.75, 3.05) is 0 Å². The highest BCUT2D eigenvalue weighted by Gasteiger charge is 2.16. The standard InChI is InChI=1S/C19H12FN3O2/c20-14-8-4-7-13(9-14)15-10-17(19(24)25)23-18(21-15)11-16(22-23)12-5-2-1-3-6-12/h1-11H,(H,24,25). The van der Waals surface area contributed by atoms with Crippen LogP contribution in [0.2, 0.25) is 0 Å². The van der Waals surface area contributed by atoms with E-state index in [4.69, 9.17) is 0 Å². The van der Waals surface area contributed by atoms with Crippen molar-refractivity contribution in [2.45, 2.75) is 0 Å². The maximum absolute atomic E-state index is 13.5. The maximum Gasteiger partial charge on any atom is 0.354 e. The van der Waals surface area contributed by atoms with Gasteiger partial charge < -0.3 is 5.11 Å². The molecule has 0 saturated heterocycles. The fourth-order valence-electron chi connectivity index (χ4n) is 2.67. The van der Waals surface area contributed by atoms with Gasteiger partial charge in [0, 0.05) is 17.2 Å². The van der Waals surface area contributed by atoms with Crippen molar-refractivity contribution in [1.29, 1.82) is 0 Å². The Kier molecular flexibility index (Phi) is 3.50. The van der Waals surface area contributed by atoms with Crippen LogP contribution in [0.15, 0.2) is 66.7 Å². The zero-order valence-corrected chi connectivity index (χ0v) is 12.9. The average molecular weight is 333 g/mol. The van der Waals surface area contributed by atoms with Crippen LogP contribution in [0.3, 0.4) is 0 Å². The van der Waals surface area contributed by atoms with Crippen LogP contribution < -0.4 is 0 Å². The molecule has 0 atom stereocenters. The summed E-state index contributed by atoms with van der Waals surface area (Å²) < 4.78 is 14.8. The maximum atomic E-state index is 13.5. The third kappa shape index (κ3) is 2.74. The van der Waals surface area contributed by atoms with Gasteiger partial charge in [-0.25, -0.2) is 18.7 Å². The van der Waals surface area contributed by atoms with Crippen molar-refractivity contribution < 1.29 is 14.3 Å². The monoisotopic (exact) mass is 333 g/mol. The van der Waals surface area contributed by atoms with Crippen LogP contribution in [0, 0.1) is 5.82 Å². The molecule has 4 rings (SSSR count). The summed E-state index contributed by atoms with van der Waals surface area (Å²) in [6, 6.07) is 18.4. The Morgan fingerprint density at radius 3 is 2.40 bits per heavy atom. The number of aromatic carboxylic acids is 1. The number of hydrogen-bond donors (Lipinski definition) is 1.